The van der Waals surface area contributed by atoms with E-state index in [-0.39, 0.29) is 0 Å². The summed E-state index contributed by atoms with van der Waals surface area (Å²) >= 11 is 0. The predicted octanol–water partition coefficient (Wildman–Crippen LogP) is 3.43. The number of hydrogen-bond donors (Lipinski definition) is 1. The average Bonchev–Trinajstić information content (AvgIpc) is 2.35. The zero-order valence-electron chi connectivity index (χ0n) is 11.7. The maximum atomic E-state index is 4.08. The van der Waals surface area contributed by atoms with Crippen LogP contribution in [-0.4, -0.2) is 17.6 Å². The second-order valence-corrected chi connectivity index (χ2v) is 5.41. The van der Waals surface area contributed by atoms with E-state index in [0.717, 1.165) is 13.0 Å². The van der Waals surface area contributed by atoms with Crippen LogP contribution in [0.15, 0.2) is 24.5 Å². The Labute approximate surface area is 106 Å². The zero-order chi connectivity index (χ0) is 12.7. The molecule has 0 amide bonds. The summed E-state index contributed by atoms with van der Waals surface area (Å²) in [6, 6.07) is 4.77. The Bertz CT molecular complexity index is 306. The van der Waals surface area contributed by atoms with Gasteiger partial charge in [-0.25, -0.2) is 0 Å². The lowest BCUT2D eigenvalue weighted by Gasteiger charge is -2.34. The number of hydrogen-bond acceptors (Lipinski definition) is 2. The van der Waals surface area contributed by atoms with Gasteiger partial charge in [-0.3, -0.25) is 4.98 Å². The molecular weight excluding hydrogens is 208 g/mol. The highest BCUT2D eigenvalue weighted by atomic mass is 14.9. The monoisotopic (exact) mass is 234 g/mol. The van der Waals surface area contributed by atoms with Gasteiger partial charge in [0.15, 0.2) is 0 Å². The molecule has 0 aliphatic heterocycles. The Hall–Kier alpha value is -0.890. The highest BCUT2D eigenvalue weighted by Gasteiger charge is 2.27. The molecule has 0 spiro atoms. The van der Waals surface area contributed by atoms with Crippen molar-refractivity contribution < 1.29 is 0 Å². The van der Waals surface area contributed by atoms with E-state index in [1.54, 1.807) is 0 Å². The topological polar surface area (TPSA) is 24.9 Å². The highest BCUT2D eigenvalue weighted by Crippen LogP contribution is 2.27. The molecule has 2 heteroatoms. The first-order chi connectivity index (χ1) is 8.10. The number of aromatic nitrogens is 1. The van der Waals surface area contributed by atoms with Crippen LogP contribution in [0.4, 0.5) is 0 Å². The molecule has 17 heavy (non-hydrogen) atoms. The largest absolute Gasteiger partial charge is 0.313 e. The van der Waals surface area contributed by atoms with Crippen molar-refractivity contribution in [1.29, 1.82) is 0 Å². The summed E-state index contributed by atoms with van der Waals surface area (Å²) in [7, 11) is 0. The summed E-state index contributed by atoms with van der Waals surface area (Å²) < 4.78 is 0. The first-order valence-electron chi connectivity index (χ1n) is 6.72. The van der Waals surface area contributed by atoms with E-state index in [2.05, 4.69) is 50.1 Å². The summed E-state index contributed by atoms with van der Waals surface area (Å²) in [5.74, 6) is 0. The van der Waals surface area contributed by atoms with Gasteiger partial charge in [-0.05, 0) is 48.9 Å². The van der Waals surface area contributed by atoms with Gasteiger partial charge in [0.2, 0.25) is 0 Å². The van der Waals surface area contributed by atoms with Gasteiger partial charge >= 0.3 is 0 Å². The van der Waals surface area contributed by atoms with Crippen molar-refractivity contribution in [3.05, 3.63) is 30.1 Å². The maximum Gasteiger partial charge on any atom is 0.0270 e. The average molecular weight is 234 g/mol. The van der Waals surface area contributed by atoms with Crippen LogP contribution in [0.2, 0.25) is 0 Å². The standard InChI is InChI=1S/C15H26N2/c1-5-9-17-14(15(3,4)6-2)12-13-7-10-16-11-8-13/h7-8,10-11,14,17H,5-6,9,12H2,1-4H3. The molecule has 1 atom stereocenters. The lowest BCUT2D eigenvalue weighted by Crippen LogP contribution is -2.43. The first-order valence-corrected chi connectivity index (χ1v) is 6.72. The first kappa shape index (κ1) is 14.2. The summed E-state index contributed by atoms with van der Waals surface area (Å²) in [5.41, 5.74) is 1.70. The van der Waals surface area contributed by atoms with Gasteiger partial charge in [-0.1, -0.05) is 27.7 Å². The molecule has 1 unspecified atom stereocenters. The number of nitrogens with zero attached hydrogens (tertiary/aromatic N) is 1. The molecule has 1 rings (SSSR count). The molecular formula is C15H26N2. The number of pyridine rings is 1. The molecule has 0 saturated carbocycles. The fourth-order valence-corrected chi connectivity index (χ4v) is 1.94. The van der Waals surface area contributed by atoms with Crippen LogP contribution in [0, 0.1) is 5.41 Å². The Morgan fingerprint density at radius 2 is 1.88 bits per heavy atom. The quantitative estimate of drug-likeness (QED) is 0.782. The molecule has 1 heterocycles. The third kappa shape index (κ3) is 4.47. The van der Waals surface area contributed by atoms with E-state index >= 15 is 0 Å². The van der Waals surface area contributed by atoms with E-state index in [4.69, 9.17) is 0 Å². The van der Waals surface area contributed by atoms with Gasteiger partial charge in [-0.15, -0.1) is 0 Å². The molecule has 2 nitrogen and oxygen atoms in total. The van der Waals surface area contributed by atoms with Crippen LogP contribution < -0.4 is 5.32 Å². The van der Waals surface area contributed by atoms with Crippen molar-refractivity contribution in [3.8, 4) is 0 Å². The van der Waals surface area contributed by atoms with Gasteiger partial charge in [0.25, 0.3) is 0 Å². The van der Waals surface area contributed by atoms with Crippen LogP contribution in [0.1, 0.15) is 46.1 Å². The van der Waals surface area contributed by atoms with Crippen LogP contribution in [0.25, 0.3) is 0 Å². The Morgan fingerprint density at radius 1 is 1.24 bits per heavy atom. The molecule has 0 saturated heterocycles. The fraction of sp³-hybridized carbons (Fsp3) is 0.667. The van der Waals surface area contributed by atoms with Crippen LogP contribution in [-0.2, 0) is 6.42 Å². The number of rotatable bonds is 7. The normalized spacial score (nSPS) is 13.6. The summed E-state index contributed by atoms with van der Waals surface area (Å²) in [4.78, 5) is 4.08. The third-order valence-corrected chi connectivity index (χ3v) is 3.68. The fourth-order valence-electron chi connectivity index (χ4n) is 1.94. The van der Waals surface area contributed by atoms with Gasteiger partial charge in [-0.2, -0.15) is 0 Å². The van der Waals surface area contributed by atoms with Gasteiger partial charge in [0.05, 0.1) is 0 Å². The smallest absolute Gasteiger partial charge is 0.0270 e. The molecule has 96 valence electrons. The van der Waals surface area contributed by atoms with E-state index < -0.39 is 0 Å². The summed E-state index contributed by atoms with van der Waals surface area (Å²) in [6.07, 6.45) is 7.23. The molecule has 0 aromatic carbocycles. The lowest BCUT2D eigenvalue weighted by atomic mass is 9.79. The van der Waals surface area contributed by atoms with Crippen molar-refractivity contribution in [2.24, 2.45) is 5.41 Å². The van der Waals surface area contributed by atoms with Crippen LogP contribution >= 0.6 is 0 Å². The van der Waals surface area contributed by atoms with Crippen LogP contribution in [0.3, 0.4) is 0 Å². The minimum atomic E-state index is 0.332. The van der Waals surface area contributed by atoms with E-state index in [0.29, 0.717) is 11.5 Å². The van der Waals surface area contributed by atoms with E-state index in [1.807, 2.05) is 12.4 Å². The Morgan fingerprint density at radius 3 is 2.41 bits per heavy atom. The van der Waals surface area contributed by atoms with E-state index in [9.17, 15) is 0 Å². The molecule has 0 aliphatic carbocycles. The molecule has 0 radical (unpaired) electrons. The van der Waals surface area contributed by atoms with Crippen molar-refractivity contribution in [2.45, 2.75) is 53.0 Å². The minimum Gasteiger partial charge on any atom is -0.313 e. The Kier molecular flexibility index (Phi) is 5.63. The highest BCUT2D eigenvalue weighted by molar-refractivity contribution is 5.12. The molecule has 1 N–H and O–H groups in total. The van der Waals surface area contributed by atoms with Crippen molar-refractivity contribution in [3.63, 3.8) is 0 Å². The van der Waals surface area contributed by atoms with Crippen LogP contribution in [0.5, 0.6) is 0 Å². The van der Waals surface area contributed by atoms with Crippen molar-refractivity contribution in [2.75, 3.05) is 6.54 Å². The minimum absolute atomic E-state index is 0.332. The van der Waals surface area contributed by atoms with Gasteiger partial charge in [0.1, 0.15) is 0 Å². The second-order valence-electron chi connectivity index (χ2n) is 5.41. The zero-order valence-corrected chi connectivity index (χ0v) is 11.7. The molecule has 1 aromatic rings. The number of nitrogens with one attached hydrogen (secondary N) is 1. The Balaban J connectivity index is 2.70. The molecule has 0 bridgehead atoms. The predicted molar refractivity (Wildman–Crippen MR) is 74.1 cm³/mol. The molecule has 0 fully saturated rings. The van der Waals surface area contributed by atoms with E-state index in [1.165, 1.54) is 18.4 Å². The second kappa shape index (κ2) is 6.75. The third-order valence-electron chi connectivity index (χ3n) is 3.68. The van der Waals surface area contributed by atoms with Crippen molar-refractivity contribution >= 4 is 0 Å². The SMILES string of the molecule is CCCNC(Cc1ccncc1)C(C)(C)CC. The van der Waals surface area contributed by atoms with Gasteiger partial charge in [0, 0.05) is 18.4 Å². The lowest BCUT2D eigenvalue weighted by molar-refractivity contribution is 0.230. The molecule has 1 aromatic heterocycles. The maximum absolute atomic E-state index is 4.08. The summed E-state index contributed by atoms with van der Waals surface area (Å²) in [5, 5.41) is 3.69. The summed E-state index contributed by atoms with van der Waals surface area (Å²) in [6.45, 7) is 10.3. The van der Waals surface area contributed by atoms with Crippen molar-refractivity contribution in [1.82, 2.24) is 10.3 Å². The van der Waals surface area contributed by atoms with Gasteiger partial charge < -0.3 is 5.32 Å². The molecule has 0 aliphatic rings.